The second-order valence-electron chi connectivity index (χ2n) is 2.42. The van der Waals surface area contributed by atoms with Gasteiger partial charge in [0.1, 0.15) is 0 Å². The fourth-order valence-corrected chi connectivity index (χ4v) is 2.18. The van der Waals surface area contributed by atoms with Crippen molar-refractivity contribution in [3.63, 3.8) is 0 Å². The van der Waals surface area contributed by atoms with Crippen LogP contribution in [0.25, 0.3) is 0 Å². The molecular weight excluding hydrogens is 152 g/mol. The summed E-state index contributed by atoms with van der Waals surface area (Å²) in [6.45, 7) is 3.56. The van der Waals surface area contributed by atoms with E-state index in [1.807, 2.05) is 30.3 Å². The lowest BCUT2D eigenvalue weighted by Gasteiger charge is -2.01. The summed E-state index contributed by atoms with van der Waals surface area (Å²) in [5.41, 5.74) is 0. The molecule has 0 fully saturated rings. The van der Waals surface area contributed by atoms with Crippen LogP contribution in [-0.4, -0.2) is 9.04 Å². The first kappa shape index (κ1) is 8.24. The summed E-state index contributed by atoms with van der Waals surface area (Å²) in [5, 5.41) is 0.979. The van der Waals surface area contributed by atoms with Crippen molar-refractivity contribution < 1.29 is 4.80 Å². The Hall–Kier alpha value is -0.863. The Labute approximate surface area is 68.7 Å². The molecule has 0 bridgehead atoms. The second kappa shape index (κ2) is 4.11. The van der Waals surface area contributed by atoms with Crippen LogP contribution in [0.4, 0.5) is 0 Å². The molecule has 0 spiro atoms. The van der Waals surface area contributed by atoms with E-state index in [2.05, 4.69) is 6.58 Å². The quantitative estimate of drug-likeness (QED) is 0.472. The molecule has 0 aromatic heterocycles. The fourth-order valence-electron chi connectivity index (χ4n) is 0.955. The summed E-state index contributed by atoms with van der Waals surface area (Å²) in [5.74, 6) is 0. The molecule has 0 saturated carbocycles. The molecular formula is C9H11OSi. The number of rotatable bonds is 3. The summed E-state index contributed by atoms with van der Waals surface area (Å²) in [6.07, 6.45) is 1.72. The highest BCUT2D eigenvalue weighted by atomic mass is 28.3. The predicted molar refractivity (Wildman–Crippen MR) is 48.9 cm³/mol. The number of hydrogen-bond donors (Lipinski definition) is 0. The van der Waals surface area contributed by atoms with Crippen molar-refractivity contribution in [2.24, 2.45) is 0 Å². The minimum atomic E-state index is -1.93. The molecule has 0 saturated heterocycles. The highest BCUT2D eigenvalue weighted by Crippen LogP contribution is 1.92. The minimum absolute atomic E-state index is 0.643. The van der Waals surface area contributed by atoms with Gasteiger partial charge >= 0.3 is 0 Å². The van der Waals surface area contributed by atoms with Gasteiger partial charge in [0.25, 0.3) is 9.04 Å². The predicted octanol–water partition coefficient (Wildman–Crippen LogP) is 1.23. The van der Waals surface area contributed by atoms with Gasteiger partial charge in [0.15, 0.2) is 0 Å². The molecule has 1 rings (SSSR count). The highest BCUT2D eigenvalue weighted by Gasteiger charge is 2.08. The van der Waals surface area contributed by atoms with Crippen LogP contribution in [-0.2, 0) is 4.80 Å². The number of benzene rings is 1. The van der Waals surface area contributed by atoms with E-state index in [-0.39, 0.29) is 0 Å². The molecule has 0 amide bonds. The fraction of sp³-hybridized carbons (Fsp3) is 0.111. The van der Waals surface area contributed by atoms with E-state index in [0.29, 0.717) is 6.04 Å². The maximum absolute atomic E-state index is 11.4. The zero-order chi connectivity index (χ0) is 8.10. The molecule has 0 aliphatic rings. The summed E-state index contributed by atoms with van der Waals surface area (Å²) in [7, 11) is -1.93. The summed E-state index contributed by atoms with van der Waals surface area (Å²) >= 11 is 0. The standard InChI is InChI=1S/C9H11OSi/c1-2-8-11(10)9-6-4-3-5-7-9/h2-7,11H,1,8H2. The third-order valence-corrected chi connectivity index (χ3v) is 3.44. The molecule has 57 valence electrons. The van der Waals surface area contributed by atoms with Crippen molar-refractivity contribution in [2.45, 2.75) is 6.04 Å². The van der Waals surface area contributed by atoms with Gasteiger partial charge in [-0.15, -0.1) is 6.58 Å². The van der Waals surface area contributed by atoms with Gasteiger partial charge in [-0.1, -0.05) is 36.4 Å². The van der Waals surface area contributed by atoms with Crippen molar-refractivity contribution in [2.75, 3.05) is 0 Å². The first-order chi connectivity index (χ1) is 5.34. The molecule has 2 heteroatoms. The van der Waals surface area contributed by atoms with E-state index in [9.17, 15) is 4.80 Å². The number of allylic oxidation sites excluding steroid dienone is 1. The molecule has 0 aliphatic heterocycles. The van der Waals surface area contributed by atoms with Crippen molar-refractivity contribution in [3.8, 4) is 0 Å². The third kappa shape index (κ3) is 2.33. The van der Waals surface area contributed by atoms with Gasteiger partial charge < -0.3 is 0 Å². The van der Waals surface area contributed by atoms with Crippen LogP contribution in [0.3, 0.4) is 0 Å². The zero-order valence-electron chi connectivity index (χ0n) is 6.36. The van der Waals surface area contributed by atoms with Crippen molar-refractivity contribution >= 4 is 14.2 Å². The Kier molecular flexibility index (Phi) is 3.07. The van der Waals surface area contributed by atoms with Gasteiger partial charge in [0.05, 0.1) is 0 Å². The Morgan fingerprint density at radius 1 is 1.36 bits per heavy atom. The van der Waals surface area contributed by atoms with Crippen molar-refractivity contribution in [3.05, 3.63) is 43.0 Å². The van der Waals surface area contributed by atoms with E-state index in [1.165, 1.54) is 0 Å². The molecule has 11 heavy (non-hydrogen) atoms. The van der Waals surface area contributed by atoms with Gasteiger partial charge in [0.2, 0.25) is 0 Å². The van der Waals surface area contributed by atoms with Crippen LogP contribution in [0.2, 0.25) is 6.04 Å². The van der Waals surface area contributed by atoms with Gasteiger partial charge in [-0.25, -0.2) is 0 Å². The summed E-state index contributed by atoms with van der Waals surface area (Å²) in [6, 6.07) is 10.2. The van der Waals surface area contributed by atoms with Gasteiger partial charge in [-0.2, -0.15) is 0 Å². The lowest BCUT2D eigenvalue weighted by molar-refractivity contribution is 0.461. The van der Waals surface area contributed by atoms with E-state index in [0.717, 1.165) is 5.19 Å². The topological polar surface area (TPSA) is 19.9 Å². The maximum atomic E-state index is 11.4. The molecule has 1 atom stereocenters. The molecule has 0 aliphatic carbocycles. The Morgan fingerprint density at radius 2 is 2.00 bits per heavy atom. The van der Waals surface area contributed by atoms with Crippen LogP contribution < -0.4 is 5.19 Å². The average molecular weight is 163 g/mol. The minimum Gasteiger partial charge on any atom is -0.295 e. The van der Waals surface area contributed by atoms with Gasteiger partial charge in [0, 0.05) is 0 Å². The van der Waals surface area contributed by atoms with Crippen molar-refractivity contribution in [1.29, 1.82) is 0 Å². The Bertz CT molecular complexity index is 220. The summed E-state index contributed by atoms with van der Waals surface area (Å²) < 4.78 is 0. The highest BCUT2D eigenvalue weighted by molar-refractivity contribution is 6.66. The van der Waals surface area contributed by atoms with Gasteiger partial charge in [-0.05, 0) is 11.2 Å². The van der Waals surface area contributed by atoms with Crippen LogP contribution in [0, 0.1) is 0 Å². The first-order valence-electron chi connectivity index (χ1n) is 3.66. The Balaban J connectivity index is 2.68. The zero-order valence-corrected chi connectivity index (χ0v) is 7.52. The van der Waals surface area contributed by atoms with E-state index in [4.69, 9.17) is 0 Å². The van der Waals surface area contributed by atoms with E-state index < -0.39 is 9.04 Å². The molecule has 0 N–H and O–H groups in total. The molecule has 0 heterocycles. The number of hydrogen-bond acceptors (Lipinski definition) is 0. The third-order valence-electron chi connectivity index (χ3n) is 1.55. The van der Waals surface area contributed by atoms with Crippen LogP contribution in [0.1, 0.15) is 0 Å². The average Bonchev–Trinajstić information content (AvgIpc) is 2.07. The van der Waals surface area contributed by atoms with E-state index in [1.54, 1.807) is 6.08 Å². The lowest BCUT2D eigenvalue weighted by atomic mass is 10.4. The SMILES string of the molecule is C=CC[SiH]([O])c1ccccc1. The molecule has 1 aromatic rings. The summed E-state index contributed by atoms with van der Waals surface area (Å²) in [4.78, 5) is 11.4. The van der Waals surface area contributed by atoms with Crippen LogP contribution >= 0.6 is 0 Å². The smallest absolute Gasteiger partial charge is 0.256 e. The largest absolute Gasteiger partial charge is 0.295 e. The van der Waals surface area contributed by atoms with Gasteiger partial charge in [-0.3, -0.25) is 4.80 Å². The molecule has 1 aromatic carbocycles. The molecule has 1 radical (unpaired) electrons. The second-order valence-corrected chi connectivity index (χ2v) is 4.54. The molecule has 1 unspecified atom stereocenters. The monoisotopic (exact) mass is 163 g/mol. The maximum Gasteiger partial charge on any atom is 0.256 e. The first-order valence-corrected chi connectivity index (χ1v) is 5.53. The van der Waals surface area contributed by atoms with Crippen LogP contribution in [0.5, 0.6) is 0 Å². The Morgan fingerprint density at radius 3 is 2.55 bits per heavy atom. The van der Waals surface area contributed by atoms with Crippen LogP contribution in [0.15, 0.2) is 43.0 Å². The lowest BCUT2D eigenvalue weighted by Crippen LogP contribution is -2.27. The normalized spacial score (nSPS) is 12.5. The molecule has 1 nitrogen and oxygen atoms in total. The van der Waals surface area contributed by atoms with E-state index >= 15 is 0 Å². The van der Waals surface area contributed by atoms with Crippen molar-refractivity contribution in [1.82, 2.24) is 0 Å².